The summed E-state index contributed by atoms with van der Waals surface area (Å²) in [6.07, 6.45) is 13.3. The van der Waals surface area contributed by atoms with Crippen LogP contribution < -0.4 is 5.73 Å². The molecule has 0 aliphatic heterocycles. The molecule has 4 aliphatic rings. The number of allylic oxidation sites excluding steroid dienone is 4. The van der Waals surface area contributed by atoms with Crippen molar-refractivity contribution in [3.8, 4) is 0 Å². The minimum Gasteiger partial charge on any atom is -0.402 e. The smallest absolute Gasteiger partial charge is 0.0630 e. The fraction of sp³-hybridized carbons (Fsp3) is 0.900. The molecule has 3 heteroatoms. The van der Waals surface area contributed by atoms with Crippen LogP contribution in [0.4, 0.5) is 0 Å². The molecule has 3 nitrogen and oxygen atoms in total. The summed E-state index contributed by atoms with van der Waals surface area (Å²) in [6, 6.07) is 0. The van der Waals surface area contributed by atoms with Crippen molar-refractivity contribution < 1.29 is 9.84 Å². The average Bonchev–Trinajstić information content (AvgIpc) is 3.62. The summed E-state index contributed by atoms with van der Waals surface area (Å²) < 4.78 is 5.88. The van der Waals surface area contributed by atoms with E-state index in [1.165, 1.54) is 37.7 Å². The summed E-state index contributed by atoms with van der Waals surface area (Å²) in [6.45, 7) is 35.0. The molecule has 0 heterocycles. The Morgan fingerprint density at radius 2 is 1.40 bits per heavy atom. The summed E-state index contributed by atoms with van der Waals surface area (Å²) >= 11 is 0. The lowest BCUT2D eigenvalue weighted by molar-refractivity contribution is -0.0670. The van der Waals surface area contributed by atoms with Crippen molar-refractivity contribution in [2.75, 3.05) is 7.11 Å². The van der Waals surface area contributed by atoms with E-state index in [1.54, 1.807) is 0 Å². The van der Waals surface area contributed by atoms with Gasteiger partial charge in [0.1, 0.15) is 0 Å². The number of hydrogen-bond donors (Lipinski definition) is 2. The van der Waals surface area contributed by atoms with E-state index in [4.69, 9.17) is 10.5 Å². The Morgan fingerprint density at radius 3 is 1.79 bits per heavy atom. The predicted molar refractivity (Wildman–Crippen MR) is 188 cm³/mol. The number of nitrogens with two attached hydrogens (primary N) is 1. The van der Waals surface area contributed by atoms with Crippen molar-refractivity contribution in [1.29, 1.82) is 0 Å². The first-order valence-corrected chi connectivity index (χ1v) is 17.7. The maximum Gasteiger partial charge on any atom is 0.0630 e. The zero-order chi connectivity index (χ0) is 33.3. The molecular formula is C40H75NO2. The Hall–Kier alpha value is -0.800. The van der Waals surface area contributed by atoms with Crippen LogP contribution in [-0.4, -0.2) is 24.4 Å². The summed E-state index contributed by atoms with van der Waals surface area (Å²) in [5, 5.41) is 10.6. The van der Waals surface area contributed by atoms with E-state index in [0.29, 0.717) is 51.4 Å². The second-order valence-corrected chi connectivity index (χ2v) is 19.4. The van der Waals surface area contributed by atoms with Gasteiger partial charge in [-0.15, -0.1) is 0 Å². The van der Waals surface area contributed by atoms with Crippen LogP contribution in [0, 0.1) is 62.6 Å². The SMILES string of the molecule is CC1=C(N)CCC=C1.COC1C(C)CC(C(C)(C)C)CC[C@@H]1C(C)(C)C.C[C@@H]1C(O)C(C(C)(C)C)CC2(C(C)(C)C)CC12. The van der Waals surface area contributed by atoms with Crippen molar-refractivity contribution in [3.63, 3.8) is 0 Å². The molecule has 0 radical (unpaired) electrons. The van der Waals surface area contributed by atoms with Crippen molar-refractivity contribution in [2.24, 2.45) is 68.3 Å². The van der Waals surface area contributed by atoms with Gasteiger partial charge in [-0.2, -0.15) is 0 Å². The first-order valence-electron chi connectivity index (χ1n) is 17.7. The van der Waals surface area contributed by atoms with Crippen molar-refractivity contribution in [2.45, 2.75) is 161 Å². The predicted octanol–water partition coefficient (Wildman–Crippen LogP) is 10.8. The molecule has 4 aliphatic carbocycles. The molecule has 7 unspecified atom stereocenters. The van der Waals surface area contributed by atoms with Crippen LogP contribution in [0.25, 0.3) is 0 Å². The van der Waals surface area contributed by atoms with E-state index < -0.39 is 0 Å². The van der Waals surface area contributed by atoms with E-state index in [2.05, 4.69) is 109 Å². The molecule has 3 N–H and O–H groups in total. The van der Waals surface area contributed by atoms with Crippen LogP contribution in [0.15, 0.2) is 23.4 Å². The minimum atomic E-state index is -0.0991. The molecule has 4 rings (SSSR count). The Bertz CT molecular complexity index is 947. The first kappa shape index (κ1) is 38.4. The van der Waals surface area contributed by atoms with E-state index in [-0.39, 0.29) is 11.5 Å². The van der Waals surface area contributed by atoms with Gasteiger partial charge in [-0.25, -0.2) is 0 Å². The highest BCUT2D eigenvalue weighted by molar-refractivity contribution is 5.25. The highest BCUT2D eigenvalue weighted by Gasteiger charge is 2.67. The van der Waals surface area contributed by atoms with E-state index in [0.717, 1.165) is 30.4 Å². The molecule has 3 fully saturated rings. The molecule has 0 aromatic heterocycles. The lowest BCUT2D eigenvalue weighted by Crippen LogP contribution is -2.46. The van der Waals surface area contributed by atoms with Gasteiger partial charge < -0.3 is 15.6 Å². The number of ether oxygens (including phenoxy) is 1. The van der Waals surface area contributed by atoms with E-state index in [9.17, 15) is 5.11 Å². The number of methoxy groups -OCH3 is 1. The largest absolute Gasteiger partial charge is 0.402 e. The molecule has 3 saturated carbocycles. The standard InChI is InChI=1S/C17H34O.C16H30O.C7H11N/c1-12-11-13(16(2,3)4)9-10-14(15(12)18-8)17(5,6)7;1-10-11-8-16(11,15(5,6)7)9-12(13(10)17)14(2,3)4;1-6-4-2-3-5-7(6)8/h12-15H,9-11H2,1-8H3;10-13,17H,8-9H2,1-7H3;2,4H,3,5,8H2,1H3/t12?,13?,14-,15?;10-,11?,12?,13?,16?;/m00./s1. The molecule has 0 bridgehead atoms. The van der Waals surface area contributed by atoms with Crippen molar-refractivity contribution >= 4 is 0 Å². The van der Waals surface area contributed by atoms with Gasteiger partial charge in [0.05, 0.1) is 12.2 Å². The van der Waals surface area contributed by atoms with Crippen LogP contribution in [0.2, 0.25) is 0 Å². The fourth-order valence-electron chi connectivity index (χ4n) is 8.92. The Balaban J connectivity index is 0.000000241. The lowest BCUT2D eigenvalue weighted by Gasteiger charge is -2.48. The first-order chi connectivity index (χ1) is 19.4. The summed E-state index contributed by atoms with van der Waals surface area (Å²) in [4.78, 5) is 0. The monoisotopic (exact) mass is 602 g/mol. The molecule has 0 aromatic carbocycles. The zero-order valence-electron chi connectivity index (χ0n) is 31.7. The van der Waals surface area contributed by atoms with E-state index in [1.807, 2.05) is 14.0 Å². The zero-order valence-corrected chi connectivity index (χ0v) is 31.7. The minimum absolute atomic E-state index is 0.0991. The maximum atomic E-state index is 10.6. The molecule has 0 aromatic rings. The van der Waals surface area contributed by atoms with Crippen LogP contribution in [0.5, 0.6) is 0 Å². The van der Waals surface area contributed by atoms with Gasteiger partial charge in [0.15, 0.2) is 0 Å². The molecular weight excluding hydrogens is 526 g/mol. The van der Waals surface area contributed by atoms with Gasteiger partial charge in [0.25, 0.3) is 0 Å². The number of aliphatic hydroxyl groups is 1. The molecule has 43 heavy (non-hydrogen) atoms. The van der Waals surface area contributed by atoms with Crippen LogP contribution in [-0.2, 0) is 4.74 Å². The summed E-state index contributed by atoms with van der Waals surface area (Å²) in [5.74, 6) is 3.88. The molecule has 9 atom stereocenters. The molecule has 0 amide bonds. The molecule has 0 spiro atoms. The highest BCUT2D eigenvalue weighted by atomic mass is 16.5. The third-order valence-electron chi connectivity index (χ3n) is 12.4. The quantitative estimate of drug-likeness (QED) is 0.294. The van der Waals surface area contributed by atoms with Gasteiger partial charge in [-0.3, -0.25) is 0 Å². The molecule has 0 saturated heterocycles. The van der Waals surface area contributed by atoms with Gasteiger partial charge >= 0.3 is 0 Å². The van der Waals surface area contributed by atoms with Gasteiger partial charge in [-0.1, -0.05) is 109 Å². The van der Waals surface area contributed by atoms with Crippen LogP contribution >= 0.6 is 0 Å². The topological polar surface area (TPSA) is 55.5 Å². The number of hydrogen-bond acceptors (Lipinski definition) is 3. The fourth-order valence-corrected chi connectivity index (χ4v) is 8.92. The lowest BCUT2D eigenvalue weighted by atomic mass is 9.59. The molecule has 252 valence electrons. The summed E-state index contributed by atoms with van der Waals surface area (Å²) in [7, 11) is 1.90. The maximum absolute atomic E-state index is 10.6. The second-order valence-electron chi connectivity index (χ2n) is 19.4. The Kier molecular flexibility index (Phi) is 12.4. The van der Waals surface area contributed by atoms with Crippen LogP contribution in [0.3, 0.4) is 0 Å². The van der Waals surface area contributed by atoms with E-state index >= 15 is 0 Å². The summed E-state index contributed by atoms with van der Waals surface area (Å²) in [5.41, 5.74) is 9.78. The average molecular weight is 602 g/mol. The number of aliphatic hydroxyl groups excluding tert-OH is 1. The van der Waals surface area contributed by atoms with Crippen molar-refractivity contribution in [3.05, 3.63) is 23.4 Å². The van der Waals surface area contributed by atoms with Crippen molar-refractivity contribution in [1.82, 2.24) is 0 Å². The van der Waals surface area contributed by atoms with Gasteiger partial charge in [-0.05, 0) is 120 Å². The van der Waals surface area contributed by atoms with Crippen LogP contribution in [0.1, 0.15) is 149 Å². The Morgan fingerprint density at radius 1 is 0.837 bits per heavy atom. The second kappa shape index (κ2) is 13.9. The van der Waals surface area contributed by atoms with Gasteiger partial charge in [0.2, 0.25) is 0 Å². The number of rotatable bonds is 1. The number of fused-ring (bicyclic) bond motifs is 1. The normalized spacial score (nSPS) is 36.9. The third kappa shape index (κ3) is 9.37. The third-order valence-corrected chi connectivity index (χ3v) is 12.4. The van der Waals surface area contributed by atoms with Gasteiger partial charge in [0, 0.05) is 12.8 Å². The highest BCUT2D eigenvalue weighted by Crippen LogP contribution is 2.73. The Labute approximate surface area is 269 Å².